The minimum Gasteiger partial charge on any atom is -0.358 e. The van der Waals surface area contributed by atoms with Gasteiger partial charge in [0.15, 0.2) is 23.3 Å². The molecule has 166 valence electrons. The Morgan fingerprint density at radius 1 is 1.12 bits per heavy atom. The predicted octanol–water partition coefficient (Wildman–Crippen LogP) is 6.18. The van der Waals surface area contributed by atoms with Crippen molar-refractivity contribution < 1.29 is 17.6 Å². The Labute approximate surface area is 190 Å². The lowest BCUT2D eigenvalue weighted by molar-refractivity contribution is 0.480. The van der Waals surface area contributed by atoms with Crippen LogP contribution in [0, 0.1) is 36.8 Å². The van der Waals surface area contributed by atoms with Gasteiger partial charge in [-0.2, -0.15) is 4.98 Å². The molecule has 1 aliphatic rings. The Bertz CT molecular complexity index is 1480. The molecule has 33 heavy (non-hydrogen) atoms. The number of hydrogen-bond donors (Lipinski definition) is 1. The monoisotopic (exact) mass is 471 g/mol. The molecule has 1 aliphatic heterocycles. The molecule has 0 saturated heterocycles. The minimum atomic E-state index is -1.07. The second-order valence-electron chi connectivity index (χ2n) is 7.70. The first-order valence-corrected chi connectivity index (χ1v) is 10.3. The summed E-state index contributed by atoms with van der Waals surface area (Å²) < 4.78 is 58.5. The molecule has 0 spiro atoms. The Morgan fingerprint density at radius 3 is 2.67 bits per heavy atom. The Balaban J connectivity index is 1.79. The van der Waals surface area contributed by atoms with Crippen molar-refractivity contribution in [2.24, 2.45) is 0 Å². The number of nitrogens with one attached hydrogen (secondary N) is 1. The van der Waals surface area contributed by atoms with E-state index >= 15 is 4.39 Å². The first-order chi connectivity index (χ1) is 15.8. The van der Waals surface area contributed by atoms with Crippen LogP contribution in [0.25, 0.3) is 15.7 Å². The molecule has 1 N–H and O–H groups in total. The fourth-order valence-electron chi connectivity index (χ4n) is 4.29. The van der Waals surface area contributed by atoms with Gasteiger partial charge in [-0.3, -0.25) is 0 Å². The third-order valence-corrected chi connectivity index (χ3v) is 6.15. The summed E-state index contributed by atoms with van der Waals surface area (Å²) in [6.07, 6.45) is 1.16. The highest BCUT2D eigenvalue weighted by Gasteiger charge is 2.38. The smallest absolute Gasteiger partial charge is 0.323 e. The lowest BCUT2D eigenvalue weighted by atomic mass is 9.91. The van der Waals surface area contributed by atoms with Gasteiger partial charge in [0.25, 0.3) is 0 Å². The molecule has 0 saturated carbocycles. The first-order valence-electron chi connectivity index (χ1n) is 9.91. The van der Waals surface area contributed by atoms with Crippen molar-refractivity contribution in [3.63, 3.8) is 0 Å². The number of aromatic nitrogens is 3. The van der Waals surface area contributed by atoms with Crippen LogP contribution < -0.4 is 4.90 Å². The van der Waals surface area contributed by atoms with Crippen LogP contribution in [-0.4, -0.2) is 21.5 Å². The summed E-state index contributed by atoms with van der Waals surface area (Å²) in [6, 6.07) is 4.91. The van der Waals surface area contributed by atoms with E-state index in [1.807, 2.05) is 0 Å². The van der Waals surface area contributed by atoms with Crippen molar-refractivity contribution in [2.75, 3.05) is 11.4 Å². The molecular formula is C23H14ClF4N5. The van der Waals surface area contributed by atoms with Crippen molar-refractivity contribution >= 4 is 34.3 Å². The van der Waals surface area contributed by atoms with Crippen molar-refractivity contribution in [1.82, 2.24) is 15.0 Å². The number of halogens is 5. The SMILES string of the molecule is [C-]#[N+]c1nc(N2CCc3c([nH]c4ccc(Cl)c(F)c34)C2c2ccc(C)c(F)c2F)ncc1F. The van der Waals surface area contributed by atoms with E-state index in [0.717, 1.165) is 6.20 Å². The van der Waals surface area contributed by atoms with E-state index < -0.39 is 35.1 Å². The lowest BCUT2D eigenvalue weighted by Crippen LogP contribution is -2.38. The molecular weight excluding hydrogens is 458 g/mol. The molecule has 0 radical (unpaired) electrons. The van der Waals surface area contributed by atoms with Crippen LogP contribution in [-0.2, 0) is 6.42 Å². The maximum atomic E-state index is 15.2. The minimum absolute atomic E-state index is 0.0319. The van der Waals surface area contributed by atoms with Gasteiger partial charge in [0.05, 0.1) is 11.2 Å². The topological polar surface area (TPSA) is 49.2 Å². The van der Waals surface area contributed by atoms with Gasteiger partial charge in [0.1, 0.15) is 6.04 Å². The normalized spacial score (nSPS) is 15.5. The molecule has 0 aliphatic carbocycles. The zero-order valence-corrected chi connectivity index (χ0v) is 17.8. The summed E-state index contributed by atoms with van der Waals surface area (Å²) in [7, 11) is 0. The van der Waals surface area contributed by atoms with E-state index in [1.165, 1.54) is 25.1 Å². The fourth-order valence-corrected chi connectivity index (χ4v) is 4.45. The van der Waals surface area contributed by atoms with E-state index in [2.05, 4.69) is 19.8 Å². The highest BCUT2D eigenvalue weighted by molar-refractivity contribution is 6.31. The highest BCUT2D eigenvalue weighted by Crippen LogP contribution is 2.42. The number of hydrogen-bond acceptors (Lipinski definition) is 3. The van der Waals surface area contributed by atoms with E-state index in [1.54, 1.807) is 11.0 Å². The number of H-pyrrole nitrogens is 1. The van der Waals surface area contributed by atoms with Crippen LogP contribution in [0.15, 0.2) is 30.5 Å². The molecule has 1 unspecified atom stereocenters. The van der Waals surface area contributed by atoms with Crippen LogP contribution in [0.3, 0.4) is 0 Å². The number of anilines is 1. The standard InChI is InChI=1S/C23H14ClF4N5/c1-10-3-4-12(18(27)17(10)26)21-20-11(16-15(31-20)6-5-13(24)19(16)28)7-8-33(21)23-30-9-14(25)22(29-2)32-23/h3-6,9,21,31H,7-8H2,1H3. The average Bonchev–Trinajstić information content (AvgIpc) is 3.19. The molecule has 5 rings (SSSR count). The second kappa shape index (κ2) is 7.74. The highest BCUT2D eigenvalue weighted by atomic mass is 35.5. The van der Waals surface area contributed by atoms with Gasteiger partial charge in [-0.25, -0.2) is 17.6 Å². The third kappa shape index (κ3) is 3.21. The number of aryl methyl sites for hydroxylation is 1. The van der Waals surface area contributed by atoms with Crippen molar-refractivity contribution in [2.45, 2.75) is 19.4 Å². The van der Waals surface area contributed by atoms with E-state index in [9.17, 15) is 13.2 Å². The zero-order valence-electron chi connectivity index (χ0n) is 17.1. The van der Waals surface area contributed by atoms with Gasteiger partial charge in [0.2, 0.25) is 0 Å². The molecule has 2 aromatic heterocycles. The first kappa shape index (κ1) is 21.2. The lowest BCUT2D eigenvalue weighted by Gasteiger charge is -2.35. The van der Waals surface area contributed by atoms with Gasteiger partial charge in [0, 0.05) is 28.7 Å². The van der Waals surface area contributed by atoms with Crippen molar-refractivity contribution in [3.8, 4) is 0 Å². The van der Waals surface area contributed by atoms with Gasteiger partial charge in [-0.15, -0.1) is 0 Å². The molecule has 0 bridgehead atoms. The van der Waals surface area contributed by atoms with Crippen molar-refractivity contribution in [3.05, 3.63) is 92.6 Å². The van der Waals surface area contributed by atoms with Crippen LogP contribution in [0.1, 0.15) is 28.4 Å². The summed E-state index contributed by atoms with van der Waals surface area (Å²) in [4.78, 5) is 15.7. The van der Waals surface area contributed by atoms with E-state index in [4.69, 9.17) is 18.2 Å². The summed E-state index contributed by atoms with van der Waals surface area (Å²) in [6.45, 7) is 8.75. The molecule has 4 aromatic rings. The summed E-state index contributed by atoms with van der Waals surface area (Å²) in [5.74, 6) is -4.10. The summed E-state index contributed by atoms with van der Waals surface area (Å²) >= 11 is 5.98. The average molecular weight is 472 g/mol. The number of benzene rings is 2. The number of fused-ring (bicyclic) bond motifs is 3. The number of rotatable bonds is 2. The van der Waals surface area contributed by atoms with Crippen LogP contribution in [0.2, 0.25) is 5.02 Å². The quantitative estimate of drug-likeness (QED) is 0.280. The predicted molar refractivity (Wildman–Crippen MR) is 116 cm³/mol. The fraction of sp³-hybridized carbons (Fsp3) is 0.174. The molecule has 0 amide bonds. The Kier molecular flexibility index (Phi) is 4.98. The van der Waals surface area contributed by atoms with E-state index in [-0.39, 0.29) is 34.0 Å². The van der Waals surface area contributed by atoms with Crippen molar-refractivity contribution in [1.29, 1.82) is 0 Å². The molecule has 3 heterocycles. The van der Waals surface area contributed by atoms with Crippen LogP contribution in [0.5, 0.6) is 0 Å². The van der Waals surface area contributed by atoms with Gasteiger partial charge < -0.3 is 14.7 Å². The molecule has 0 fully saturated rings. The largest absolute Gasteiger partial charge is 0.358 e. The Morgan fingerprint density at radius 2 is 1.91 bits per heavy atom. The molecule has 1 atom stereocenters. The molecule has 2 aromatic carbocycles. The molecule has 5 nitrogen and oxygen atoms in total. The molecule has 10 heteroatoms. The zero-order chi connectivity index (χ0) is 23.4. The second-order valence-corrected chi connectivity index (χ2v) is 8.11. The summed E-state index contributed by atoms with van der Waals surface area (Å²) in [5.41, 5.74) is 1.52. The van der Waals surface area contributed by atoms with Gasteiger partial charge in [-0.05, 0) is 36.6 Å². The maximum Gasteiger partial charge on any atom is 0.323 e. The summed E-state index contributed by atoms with van der Waals surface area (Å²) in [5, 5.41) is 0.219. The number of nitrogens with zero attached hydrogens (tertiary/aromatic N) is 4. The van der Waals surface area contributed by atoms with Gasteiger partial charge >= 0.3 is 11.8 Å². The number of aromatic amines is 1. The van der Waals surface area contributed by atoms with Crippen LogP contribution in [0.4, 0.5) is 29.3 Å². The maximum absolute atomic E-state index is 15.2. The van der Waals surface area contributed by atoms with Crippen LogP contribution >= 0.6 is 11.6 Å². The van der Waals surface area contributed by atoms with Gasteiger partial charge in [-0.1, -0.05) is 35.3 Å². The Hall–Kier alpha value is -3.64. The third-order valence-electron chi connectivity index (χ3n) is 5.85. The van der Waals surface area contributed by atoms with E-state index in [0.29, 0.717) is 23.2 Å².